The van der Waals surface area contributed by atoms with Crippen molar-refractivity contribution in [1.29, 1.82) is 0 Å². The molecular formula is C19H14N4O6. The van der Waals surface area contributed by atoms with Crippen LogP contribution < -0.4 is 0 Å². The minimum atomic E-state index is -0.652. The molecule has 0 aliphatic rings. The molecule has 1 heterocycles. The van der Waals surface area contributed by atoms with E-state index in [4.69, 9.17) is 4.74 Å². The Kier molecular flexibility index (Phi) is 5.54. The molecule has 1 aromatic heterocycles. The predicted molar refractivity (Wildman–Crippen MR) is 102 cm³/mol. The zero-order valence-corrected chi connectivity index (χ0v) is 15.1. The molecule has 2 aromatic carbocycles. The van der Waals surface area contributed by atoms with Crippen molar-refractivity contribution in [2.45, 2.75) is 6.92 Å². The van der Waals surface area contributed by atoms with E-state index in [1.54, 1.807) is 6.92 Å². The highest BCUT2D eigenvalue weighted by atomic mass is 16.6. The minimum absolute atomic E-state index is 0.00329. The third-order valence-electron chi connectivity index (χ3n) is 3.92. The smallest absolute Gasteiger partial charge is 0.357 e. The first-order chi connectivity index (χ1) is 13.9. The van der Waals surface area contributed by atoms with Crippen LogP contribution in [0.4, 0.5) is 11.4 Å². The fourth-order valence-corrected chi connectivity index (χ4v) is 2.52. The highest BCUT2D eigenvalue weighted by Gasteiger charge is 2.16. The molecule has 29 heavy (non-hydrogen) atoms. The number of hydrogen-bond donors (Lipinski definition) is 0. The summed E-state index contributed by atoms with van der Waals surface area (Å²) in [6.07, 6.45) is 0. The Morgan fingerprint density at radius 2 is 1.41 bits per heavy atom. The number of benzene rings is 2. The SMILES string of the molecule is CCOC(=O)c1cc(-c2ccc([N+](=O)[O-])cc2)nc(-c2ccc([N+](=O)[O-])cc2)n1. The first-order valence-electron chi connectivity index (χ1n) is 8.45. The number of hydrogen-bond acceptors (Lipinski definition) is 8. The standard InChI is InChI=1S/C19H14N4O6/c1-2-29-19(24)17-11-16(12-3-7-14(8-4-12)22(25)26)20-18(21-17)13-5-9-15(10-6-13)23(27)28/h3-11H,2H2,1H3. The molecule has 0 bridgehead atoms. The first kappa shape index (κ1) is 19.5. The number of nitrogens with zero attached hydrogens (tertiary/aromatic N) is 4. The maximum absolute atomic E-state index is 12.2. The van der Waals surface area contributed by atoms with Gasteiger partial charge in [0.2, 0.25) is 0 Å². The van der Waals surface area contributed by atoms with E-state index in [9.17, 15) is 25.0 Å². The zero-order valence-electron chi connectivity index (χ0n) is 15.1. The second-order valence-corrected chi connectivity index (χ2v) is 5.79. The van der Waals surface area contributed by atoms with Gasteiger partial charge in [-0.1, -0.05) is 0 Å². The lowest BCUT2D eigenvalue weighted by Gasteiger charge is -2.08. The van der Waals surface area contributed by atoms with Crippen LogP contribution in [0.1, 0.15) is 17.4 Å². The quantitative estimate of drug-likeness (QED) is 0.349. The monoisotopic (exact) mass is 394 g/mol. The molecule has 0 unspecified atom stereocenters. The number of carbonyl (C=O) groups is 1. The summed E-state index contributed by atoms with van der Waals surface area (Å²) in [7, 11) is 0. The highest BCUT2D eigenvalue weighted by Crippen LogP contribution is 2.26. The van der Waals surface area contributed by atoms with Gasteiger partial charge in [0.25, 0.3) is 11.4 Å². The number of aromatic nitrogens is 2. The summed E-state index contributed by atoms with van der Waals surface area (Å²) in [4.78, 5) is 41.5. The summed E-state index contributed by atoms with van der Waals surface area (Å²) < 4.78 is 5.00. The van der Waals surface area contributed by atoms with Gasteiger partial charge >= 0.3 is 5.97 Å². The summed E-state index contributed by atoms with van der Waals surface area (Å²) in [6, 6.07) is 12.7. The van der Waals surface area contributed by atoms with Crippen LogP contribution in [-0.4, -0.2) is 32.4 Å². The van der Waals surface area contributed by atoms with E-state index in [1.165, 1.54) is 54.6 Å². The number of ether oxygens (including phenoxy) is 1. The van der Waals surface area contributed by atoms with Gasteiger partial charge in [0.05, 0.1) is 22.1 Å². The van der Waals surface area contributed by atoms with Gasteiger partial charge in [-0.15, -0.1) is 0 Å². The van der Waals surface area contributed by atoms with Crippen molar-refractivity contribution in [2.24, 2.45) is 0 Å². The molecule has 3 rings (SSSR count). The molecule has 0 aliphatic heterocycles. The topological polar surface area (TPSA) is 138 Å². The summed E-state index contributed by atoms with van der Waals surface area (Å²) >= 11 is 0. The second-order valence-electron chi connectivity index (χ2n) is 5.79. The number of nitro benzene ring substituents is 2. The number of carbonyl (C=O) groups excluding carboxylic acids is 1. The Balaban J connectivity index is 2.09. The van der Waals surface area contributed by atoms with E-state index >= 15 is 0 Å². The molecule has 0 amide bonds. The van der Waals surface area contributed by atoms with Crippen LogP contribution >= 0.6 is 0 Å². The van der Waals surface area contributed by atoms with E-state index in [1.807, 2.05) is 0 Å². The lowest BCUT2D eigenvalue weighted by atomic mass is 10.1. The molecule has 10 nitrogen and oxygen atoms in total. The van der Waals surface area contributed by atoms with Crippen LogP contribution in [0, 0.1) is 20.2 Å². The van der Waals surface area contributed by atoms with Gasteiger partial charge in [-0.25, -0.2) is 14.8 Å². The fraction of sp³-hybridized carbons (Fsp3) is 0.105. The molecule has 146 valence electrons. The van der Waals surface area contributed by atoms with E-state index < -0.39 is 15.8 Å². The Bertz CT molecular complexity index is 1010. The predicted octanol–water partition coefficient (Wildman–Crippen LogP) is 3.80. The summed E-state index contributed by atoms with van der Waals surface area (Å²) in [5.41, 5.74) is 1.18. The van der Waals surface area contributed by atoms with Crippen LogP contribution in [-0.2, 0) is 4.74 Å². The van der Waals surface area contributed by atoms with Crippen molar-refractivity contribution >= 4 is 17.3 Å². The molecule has 0 saturated heterocycles. The molecule has 0 aliphatic carbocycles. The fourth-order valence-electron chi connectivity index (χ4n) is 2.52. The zero-order chi connectivity index (χ0) is 21.0. The van der Waals surface area contributed by atoms with Gasteiger partial charge in [-0.2, -0.15) is 0 Å². The molecule has 0 atom stereocenters. The van der Waals surface area contributed by atoms with Crippen LogP contribution in [0.15, 0.2) is 54.6 Å². The Morgan fingerprint density at radius 1 is 0.897 bits per heavy atom. The number of non-ortho nitro benzene ring substituents is 2. The summed E-state index contributed by atoms with van der Waals surface area (Å²) in [5.74, 6) is -0.486. The lowest BCUT2D eigenvalue weighted by Crippen LogP contribution is -2.09. The van der Waals surface area contributed by atoms with Crippen molar-refractivity contribution in [3.63, 3.8) is 0 Å². The van der Waals surface area contributed by atoms with Gasteiger partial charge < -0.3 is 4.74 Å². The summed E-state index contributed by atoms with van der Waals surface area (Å²) in [5, 5.41) is 21.7. The third-order valence-corrected chi connectivity index (χ3v) is 3.92. The normalized spacial score (nSPS) is 10.4. The van der Waals surface area contributed by atoms with Gasteiger partial charge in [0, 0.05) is 35.4 Å². The van der Waals surface area contributed by atoms with Crippen LogP contribution in [0.2, 0.25) is 0 Å². The van der Waals surface area contributed by atoms with Gasteiger partial charge in [-0.3, -0.25) is 20.2 Å². The number of rotatable bonds is 6. The molecule has 10 heteroatoms. The van der Waals surface area contributed by atoms with Gasteiger partial charge in [0.15, 0.2) is 11.5 Å². The molecular weight excluding hydrogens is 380 g/mol. The Morgan fingerprint density at radius 3 is 1.90 bits per heavy atom. The van der Waals surface area contributed by atoms with E-state index in [0.717, 1.165) is 0 Å². The van der Waals surface area contributed by atoms with Crippen molar-refractivity contribution < 1.29 is 19.4 Å². The number of nitro groups is 2. The van der Waals surface area contributed by atoms with E-state index in [0.29, 0.717) is 16.8 Å². The maximum Gasteiger partial charge on any atom is 0.357 e. The Labute approximate surface area is 164 Å². The van der Waals surface area contributed by atoms with Crippen molar-refractivity contribution in [2.75, 3.05) is 6.61 Å². The molecule has 0 N–H and O–H groups in total. The average Bonchev–Trinajstić information content (AvgIpc) is 2.73. The second kappa shape index (κ2) is 8.21. The first-order valence-corrected chi connectivity index (χ1v) is 8.45. The Hall–Kier alpha value is -4.21. The molecule has 3 aromatic rings. The van der Waals surface area contributed by atoms with Crippen molar-refractivity contribution in [3.8, 4) is 22.6 Å². The molecule has 0 fully saturated rings. The van der Waals surface area contributed by atoms with Crippen LogP contribution in [0.5, 0.6) is 0 Å². The lowest BCUT2D eigenvalue weighted by molar-refractivity contribution is -0.385. The molecule has 0 radical (unpaired) electrons. The van der Waals surface area contributed by atoms with Crippen molar-refractivity contribution in [3.05, 3.63) is 80.5 Å². The van der Waals surface area contributed by atoms with E-state index in [-0.39, 0.29) is 29.5 Å². The largest absolute Gasteiger partial charge is 0.461 e. The number of esters is 1. The van der Waals surface area contributed by atoms with Crippen molar-refractivity contribution in [1.82, 2.24) is 9.97 Å². The maximum atomic E-state index is 12.2. The average molecular weight is 394 g/mol. The molecule has 0 saturated carbocycles. The van der Waals surface area contributed by atoms with Gasteiger partial charge in [0.1, 0.15) is 0 Å². The summed E-state index contributed by atoms with van der Waals surface area (Å²) in [6.45, 7) is 1.82. The van der Waals surface area contributed by atoms with E-state index in [2.05, 4.69) is 9.97 Å². The minimum Gasteiger partial charge on any atom is -0.461 e. The highest BCUT2D eigenvalue weighted by molar-refractivity contribution is 5.89. The third kappa shape index (κ3) is 4.38. The molecule has 0 spiro atoms. The van der Waals surface area contributed by atoms with Crippen LogP contribution in [0.25, 0.3) is 22.6 Å². The van der Waals surface area contributed by atoms with Gasteiger partial charge in [-0.05, 0) is 37.3 Å². The van der Waals surface area contributed by atoms with Crippen LogP contribution in [0.3, 0.4) is 0 Å².